The van der Waals surface area contributed by atoms with Gasteiger partial charge in [-0.3, -0.25) is 10.2 Å². The maximum atomic E-state index is 13.0. The largest absolute Gasteiger partial charge is 0.463 e. The molecule has 0 bridgehead atoms. The van der Waals surface area contributed by atoms with Crippen molar-refractivity contribution >= 4 is 5.97 Å². The Kier molecular flexibility index (Phi) is 4.40. The number of ether oxygens (including phenoxy) is 1. The Labute approximate surface area is 126 Å². The molecule has 2 unspecified atom stereocenters. The molecule has 22 heavy (non-hydrogen) atoms. The van der Waals surface area contributed by atoms with Crippen LogP contribution in [0.1, 0.15) is 11.6 Å². The number of carbonyl (C=O) groups is 1. The van der Waals surface area contributed by atoms with Crippen molar-refractivity contribution in [2.45, 2.75) is 12.6 Å². The van der Waals surface area contributed by atoms with Crippen molar-refractivity contribution in [2.75, 3.05) is 13.2 Å². The van der Waals surface area contributed by atoms with E-state index in [4.69, 9.17) is 4.74 Å². The molecule has 8 heteroatoms. The van der Waals surface area contributed by atoms with Crippen LogP contribution in [0, 0.1) is 11.7 Å². The summed E-state index contributed by atoms with van der Waals surface area (Å²) in [5.74, 6) is -0.963. The van der Waals surface area contributed by atoms with E-state index in [0.29, 0.717) is 13.1 Å². The van der Waals surface area contributed by atoms with Crippen molar-refractivity contribution in [1.82, 2.24) is 25.6 Å². The number of hydrogen-bond donors (Lipinski definition) is 2. The minimum absolute atomic E-state index is 0.231. The summed E-state index contributed by atoms with van der Waals surface area (Å²) in [5, 5.41) is 3.94. The first kappa shape index (κ1) is 14.6. The van der Waals surface area contributed by atoms with Crippen LogP contribution >= 0.6 is 0 Å². The molecule has 2 atom stereocenters. The molecule has 1 aliphatic rings. The lowest BCUT2D eigenvalue weighted by molar-refractivity contribution is -0.148. The molecule has 0 saturated carbocycles. The average molecular weight is 305 g/mol. The van der Waals surface area contributed by atoms with E-state index < -0.39 is 0 Å². The van der Waals surface area contributed by atoms with Gasteiger partial charge in [-0.25, -0.2) is 19.5 Å². The lowest BCUT2D eigenvalue weighted by Crippen LogP contribution is -2.27. The van der Waals surface area contributed by atoms with Gasteiger partial charge in [0.25, 0.3) is 0 Å². The molecular weight excluding hydrogens is 289 g/mol. The van der Waals surface area contributed by atoms with Gasteiger partial charge in [0.2, 0.25) is 0 Å². The minimum atomic E-state index is -0.360. The summed E-state index contributed by atoms with van der Waals surface area (Å²) in [5.41, 5.74) is 6.81. The highest BCUT2D eigenvalue weighted by Crippen LogP contribution is 2.26. The van der Waals surface area contributed by atoms with Crippen LogP contribution in [0.4, 0.5) is 4.39 Å². The highest BCUT2D eigenvalue weighted by atomic mass is 19.1. The van der Waals surface area contributed by atoms with Gasteiger partial charge < -0.3 is 4.74 Å². The van der Waals surface area contributed by atoms with Gasteiger partial charge in [0.1, 0.15) is 25.1 Å². The van der Waals surface area contributed by atoms with Crippen molar-refractivity contribution < 1.29 is 13.9 Å². The first-order valence-corrected chi connectivity index (χ1v) is 6.97. The zero-order chi connectivity index (χ0) is 15.4. The molecule has 2 aromatic rings. The summed E-state index contributed by atoms with van der Waals surface area (Å²) >= 11 is 0. The summed E-state index contributed by atoms with van der Waals surface area (Å²) in [6.07, 6.45) is 2.99. The molecule has 1 aromatic carbocycles. The monoisotopic (exact) mass is 305 g/mol. The number of rotatable bonds is 5. The first-order chi connectivity index (χ1) is 10.7. The normalized spacial score (nSPS) is 21.0. The molecule has 1 saturated heterocycles. The quantitative estimate of drug-likeness (QED) is 0.780. The van der Waals surface area contributed by atoms with Crippen LogP contribution < -0.4 is 10.9 Å². The molecule has 7 nitrogen and oxygen atoms in total. The molecule has 1 aromatic heterocycles. The van der Waals surface area contributed by atoms with Crippen LogP contribution in [0.3, 0.4) is 0 Å². The van der Waals surface area contributed by atoms with Gasteiger partial charge in [0.05, 0.1) is 18.5 Å². The van der Waals surface area contributed by atoms with Gasteiger partial charge in [-0.1, -0.05) is 12.1 Å². The maximum absolute atomic E-state index is 13.0. The van der Waals surface area contributed by atoms with Gasteiger partial charge in [0, 0.05) is 6.54 Å². The highest BCUT2D eigenvalue weighted by molar-refractivity contribution is 5.74. The molecule has 2 N–H and O–H groups in total. The minimum Gasteiger partial charge on any atom is -0.463 e. The fraction of sp³-hybridized carbons (Fsp3) is 0.357. The van der Waals surface area contributed by atoms with Gasteiger partial charge in [-0.2, -0.15) is 5.10 Å². The number of benzene rings is 1. The molecule has 1 fully saturated rings. The number of halogens is 1. The number of hydrogen-bond acceptors (Lipinski definition) is 6. The van der Waals surface area contributed by atoms with Crippen molar-refractivity contribution in [1.29, 1.82) is 0 Å². The predicted molar refractivity (Wildman–Crippen MR) is 74.8 cm³/mol. The third kappa shape index (κ3) is 3.29. The summed E-state index contributed by atoms with van der Waals surface area (Å²) in [7, 11) is 0. The van der Waals surface area contributed by atoms with E-state index in [1.807, 2.05) is 0 Å². The summed E-state index contributed by atoms with van der Waals surface area (Å²) in [6, 6.07) is 5.84. The number of esters is 1. The van der Waals surface area contributed by atoms with E-state index >= 15 is 0 Å². The Bertz CT molecular complexity index is 617. The van der Waals surface area contributed by atoms with E-state index in [-0.39, 0.29) is 30.4 Å². The lowest BCUT2D eigenvalue weighted by atomic mass is 9.95. The van der Waals surface area contributed by atoms with Crippen molar-refractivity contribution in [3.05, 3.63) is 48.3 Å². The van der Waals surface area contributed by atoms with Crippen LogP contribution in [-0.4, -0.2) is 33.9 Å². The zero-order valence-electron chi connectivity index (χ0n) is 11.8. The van der Waals surface area contributed by atoms with Gasteiger partial charge in [-0.15, -0.1) is 0 Å². The summed E-state index contributed by atoms with van der Waals surface area (Å²) in [6.45, 7) is 1.15. The third-order valence-corrected chi connectivity index (χ3v) is 3.55. The molecular formula is C14H16FN5O2. The van der Waals surface area contributed by atoms with E-state index in [2.05, 4.69) is 20.9 Å². The van der Waals surface area contributed by atoms with Crippen LogP contribution in [0.5, 0.6) is 0 Å². The molecule has 1 aliphatic heterocycles. The van der Waals surface area contributed by atoms with Crippen LogP contribution in [0.15, 0.2) is 36.9 Å². The standard InChI is InChI=1S/C14H16FN5O2/c15-11-3-1-10(2-4-11)13-12(7-17-19-13)14(21)22-6-5-20-9-16-8-18-20/h1-4,8-9,12-13,17,19H,5-7H2. The summed E-state index contributed by atoms with van der Waals surface area (Å²) < 4.78 is 19.9. The van der Waals surface area contributed by atoms with Crippen molar-refractivity contribution in [3.63, 3.8) is 0 Å². The number of nitrogens with zero attached hydrogens (tertiary/aromatic N) is 3. The average Bonchev–Trinajstić information content (AvgIpc) is 3.19. The van der Waals surface area contributed by atoms with E-state index in [1.54, 1.807) is 23.1 Å². The Hall–Kier alpha value is -2.32. The number of nitrogens with one attached hydrogen (secondary N) is 2. The van der Waals surface area contributed by atoms with E-state index in [1.165, 1.54) is 18.5 Å². The second-order valence-electron chi connectivity index (χ2n) is 4.99. The zero-order valence-corrected chi connectivity index (χ0v) is 11.8. The SMILES string of the molecule is O=C(OCCn1cncn1)C1CNNC1c1ccc(F)cc1. The topological polar surface area (TPSA) is 81.1 Å². The van der Waals surface area contributed by atoms with Crippen LogP contribution in [-0.2, 0) is 16.1 Å². The Morgan fingerprint density at radius 1 is 1.41 bits per heavy atom. The molecule has 0 aliphatic carbocycles. The molecule has 0 amide bonds. The molecule has 0 spiro atoms. The van der Waals surface area contributed by atoms with Crippen molar-refractivity contribution in [3.8, 4) is 0 Å². The molecule has 3 rings (SSSR count). The Morgan fingerprint density at radius 2 is 2.23 bits per heavy atom. The lowest BCUT2D eigenvalue weighted by Gasteiger charge is -2.17. The molecule has 0 radical (unpaired) electrons. The van der Waals surface area contributed by atoms with E-state index in [9.17, 15) is 9.18 Å². The van der Waals surface area contributed by atoms with Gasteiger partial charge in [0.15, 0.2) is 0 Å². The highest BCUT2D eigenvalue weighted by Gasteiger charge is 2.35. The number of aromatic nitrogens is 3. The smallest absolute Gasteiger partial charge is 0.312 e. The molecule has 2 heterocycles. The first-order valence-electron chi connectivity index (χ1n) is 6.97. The second kappa shape index (κ2) is 6.63. The summed E-state index contributed by atoms with van der Waals surface area (Å²) in [4.78, 5) is 16.0. The van der Waals surface area contributed by atoms with Crippen LogP contribution in [0.25, 0.3) is 0 Å². The fourth-order valence-electron chi connectivity index (χ4n) is 2.40. The number of carbonyl (C=O) groups excluding carboxylic acids is 1. The van der Waals surface area contributed by atoms with Crippen molar-refractivity contribution in [2.24, 2.45) is 5.92 Å². The fourth-order valence-corrected chi connectivity index (χ4v) is 2.40. The maximum Gasteiger partial charge on any atom is 0.312 e. The Balaban J connectivity index is 1.57. The van der Waals surface area contributed by atoms with Gasteiger partial charge >= 0.3 is 5.97 Å². The second-order valence-corrected chi connectivity index (χ2v) is 4.99. The van der Waals surface area contributed by atoms with E-state index in [0.717, 1.165) is 5.56 Å². The Morgan fingerprint density at radius 3 is 2.95 bits per heavy atom. The van der Waals surface area contributed by atoms with Crippen LogP contribution in [0.2, 0.25) is 0 Å². The van der Waals surface area contributed by atoms with Gasteiger partial charge in [-0.05, 0) is 17.7 Å². The predicted octanol–water partition coefficient (Wildman–Crippen LogP) is 0.426. The number of hydrazine groups is 1. The molecule has 116 valence electrons. The third-order valence-electron chi connectivity index (χ3n) is 3.55.